The molecule has 5 nitrogen and oxygen atoms in total. The van der Waals surface area contributed by atoms with Crippen LogP contribution >= 0.6 is 0 Å². The number of carbonyl (C=O) groups is 1. The van der Waals surface area contributed by atoms with Crippen LogP contribution in [0.4, 0.5) is 0 Å². The summed E-state index contributed by atoms with van der Waals surface area (Å²) in [7, 11) is -2.09. The summed E-state index contributed by atoms with van der Waals surface area (Å²) in [6, 6.07) is 9.16. The number of aliphatic carboxylic acids is 1. The van der Waals surface area contributed by atoms with Gasteiger partial charge in [0.15, 0.2) is 0 Å². The summed E-state index contributed by atoms with van der Waals surface area (Å²) >= 11 is 0. The molecule has 0 bridgehead atoms. The molecule has 1 N–H and O–H groups in total. The largest absolute Gasteiger partial charge is 0.481 e. The summed E-state index contributed by atoms with van der Waals surface area (Å²) in [6.07, 6.45) is 0. The lowest BCUT2D eigenvalue weighted by Crippen LogP contribution is -2.33. The van der Waals surface area contributed by atoms with Crippen molar-refractivity contribution in [2.24, 2.45) is 5.92 Å². The van der Waals surface area contributed by atoms with Gasteiger partial charge >= 0.3 is 5.97 Å². The van der Waals surface area contributed by atoms with Gasteiger partial charge < -0.3 is 5.11 Å². The van der Waals surface area contributed by atoms with Gasteiger partial charge in [0.2, 0.25) is 10.0 Å². The fourth-order valence-corrected chi connectivity index (χ4v) is 2.83. The van der Waals surface area contributed by atoms with Crippen molar-refractivity contribution >= 4 is 16.0 Å². The van der Waals surface area contributed by atoms with Crippen LogP contribution in [0, 0.1) is 5.92 Å². The molecule has 100 valence electrons. The second-order valence-corrected chi connectivity index (χ2v) is 6.38. The molecule has 0 radical (unpaired) electrons. The first-order chi connectivity index (χ1) is 8.33. The van der Waals surface area contributed by atoms with E-state index in [0.29, 0.717) is 0 Å². The van der Waals surface area contributed by atoms with Crippen molar-refractivity contribution in [2.75, 3.05) is 12.8 Å². The molecule has 0 aliphatic heterocycles. The molecule has 0 heterocycles. The third-order valence-corrected chi connectivity index (χ3v) is 4.61. The zero-order valence-electron chi connectivity index (χ0n) is 10.4. The van der Waals surface area contributed by atoms with E-state index >= 15 is 0 Å². The Kier molecular flexibility index (Phi) is 4.86. The summed E-state index contributed by atoms with van der Waals surface area (Å²) in [4.78, 5) is 10.7. The van der Waals surface area contributed by atoms with E-state index in [1.807, 2.05) is 30.3 Å². The molecular formula is C12H17NO4S. The number of carboxylic acids is 1. The first-order valence-corrected chi connectivity index (χ1v) is 7.14. The molecule has 0 aromatic heterocycles. The van der Waals surface area contributed by atoms with E-state index in [9.17, 15) is 13.2 Å². The van der Waals surface area contributed by atoms with Crippen LogP contribution in [-0.4, -0.2) is 36.6 Å². The Bertz CT molecular complexity index is 498. The number of sulfonamides is 1. The van der Waals surface area contributed by atoms with Gasteiger partial charge in [-0.15, -0.1) is 0 Å². The van der Waals surface area contributed by atoms with E-state index in [-0.39, 0.29) is 12.3 Å². The van der Waals surface area contributed by atoms with Gasteiger partial charge in [-0.25, -0.2) is 12.7 Å². The van der Waals surface area contributed by atoms with Crippen molar-refractivity contribution in [1.82, 2.24) is 4.31 Å². The number of rotatable bonds is 6. The standard InChI is InChI=1S/C12H17NO4S/c1-10(12(14)15)9-18(16,17)13(2)8-11-6-4-3-5-7-11/h3-7,10H,8-9H2,1-2H3,(H,14,15). The molecule has 1 atom stereocenters. The van der Waals surface area contributed by atoms with Crippen LogP contribution in [0.15, 0.2) is 30.3 Å². The molecule has 0 amide bonds. The van der Waals surface area contributed by atoms with Crippen molar-refractivity contribution in [3.8, 4) is 0 Å². The highest BCUT2D eigenvalue weighted by atomic mass is 32.2. The zero-order chi connectivity index (χ0) is 13.8. The van der Waals surface area contributed by atoms with E-state index in [1.165, 1.54) is 18.3 Å². The fraction of sp³-hybridized carbons (Fsp3) is 0.417. The second kappa shape index (κ2) is 5.97. The van der Waals surface area contributed by atoms with Gasteiger partial charge in [0.25, 0.3) is 0 Å². The van der Waals surface area contributed by atoms with E-state index in [1.54, 1.807) is 0 Å². The molecule has 1 aromatic carbocycles. The van der Waals surface area contributed by atoms with Gasteiger partial charge in [0.05, 0.1) is 11.7 Å². The summed E-state index contributed by atoms with van der Waals surface area (Å²) < 4.78 is 25.0. The Morgan fingerprint density at radius 3 is 2.39 bits per heavy atom. The molecule has 0 saturated carbocycles. The monoisotopic (exact) mass is 271 g/mol. The number of hydrogen-bond donors (Lipinski definition) is 1. The Morgan fingerprint density at radius 1 is 1.33 bits per heavy atom. The Hall–Kier alpha value is -1.40. The molecule has 0 aliphatic carbocycles. The molecule has 6 heteroatoms. The van der Waals surface area contributed by atoms with Gasteiger partial charge in [-0.3, -0.25) is 4.79 Å². The van der Waals surface area contributed by atoms with Crippen molar-refractivity contribution in [1.29, 1.82) is 0 Å². The molecule has 0 fully saturated rings. The quantitative estimate of drug-likeness (QED) is 0.842. The highest BCUT2D eigenvalue weighted by molar-refractivity contribution is 7.89. The minimum atomic E-state index is -3.55. The van der Waals surface area contributed by atoms with Gasteiger partial charge in [-0.05, 0) is 5.56 Å². The number of hydrogen-bond acceptors (Lipinski definition) is 3. The van der Waals surface area contributed by atoms with Gasteiger partial charge in [0.1, 0.15) is 0 Å². The van der Waals surface area contributed by atoms with E-state index in [0.717, 1.165) is 5.56 Å². The summed E-state index contributed by atoms with van der Waals surface area (Å²) in [5, 5.41) is 8.73. The Balaban J connectivity index is 2.71. The fourth-order valence-electron chi connectivity index (χ4n) is 1.45. The smallest absolute Gasteiger partial charge is 0.307 e. The predicted molar refractivity (Wildman–Crippen MR) is 68.5 cm³/mol. The average Bonchev–Trinajstić information content (AvgIpc) is 2.29. The molecule has 0 aliphatic rings. The van der Waals surface area contributed by atoms with Crippen LogP contribution in [0.3, 0.4) is 0 Å². The van der Waals surface area contributed by atoms with Gasteiger partial charge in [-0.1, -0.05) is 37.3 Å². The predicted octanol–water partition coefficient (Wildman–Crippen LogP) is 1.17. The van der Waals surface area contributed by atoms with Crippen LogP contribution < -0.4 is 0 Å². The van der Waals surface area contributed by atoms with E-state index < -0.39 is 21.9 Å². The Labute approximate surface area is 107 Å². The lowest BCUT2D eigenvalue weighted by Gasteiger charge is -2.18. The van der Waals surface area contributed by atoms with E-state index in [2.05, 4.69) is 0 Å². The van der Waals surface area contributed by atoms with Crippen LogP contribution in [0.5, 0.6) is 0 Å². The van der Waals surface area contributed by atoms with Crippen molar-refractivity contribution in [3.63, 3.8) is 0 Å². The van der Waals surface area contributed by atoms with Crippen LogP contribution in [-0.2, 0) is 21.4 Å². The summed E-state index contributed by atoms with van der Waals surface area (Å²) in [5.41, 5.74) is 0.867. The lowest BCUT2D eigenvalue weighted by atomic mass is 10.2. The lowest BCUT2D eigenvalue weighted by molar-refractivity contribution is -0.140. The maximum absolute atomic E-state index is 11.9. The molecule has 0 saturated heterocycles. The SMILES string of the molecule is CC(CS(=O)(=O)N(C)Cc1ccccc1)C(=O)O. The van der Waals surface area contributed by atoms with Crippen LogP contribution in [0.25, 0.3) is 0 Å². The molecule has 18 heavy (non-hydrogen) atoms. The third-order valence-electron chi connectivity index (χ3n) is 2.61. The minimum absolute atomic E-state index is 0.246. The molecular weight excluding hydrogens is 254 g/mol. The van der Waals surface area contributed by atoms with Crippen molar-refractivity contribution in [2.45, 2.75) is 13.5 Å². The number of nitrogens with zero attached hydrogens (tertiary/aromatic N) is 1. The van der Waals surface area contributed by atoms with E-state index in [4.69, 9.17) is 5.11 Å². The molecule has 1 rings (SSSR count). The van der Waals surface area contributed by atoms with Gasteiger partial charge in [0, 0.05) is 13.6 Å². The summed E-state index contributed by atoms with van der Waals surface area (Å²) in [6.45, 7) is 1.63. The number of carboxylic acid groups (broad SMARTS) is 1. The topological polar surface area (TPSA) is 74.7 Å². The normalized spacial score (nSPS) is 13.5. The van der Waals surface area contributed by atoms with Crippen LogP contribution in [0.1, 0.15) is 12.5 Å². The first-order valence-electron chi connectivity index (χ1n) is 5.53. The van der Waals surface area contributed by atoms with Gasteiger partial charge in [-0.2, -0.15) is 0 Å². The maximum Gasteiger partial charge on any atom is 0.307 e. The highest BCUT2D eigenvalue weighted by Gasteiger charge is 2.24. The Morgan fingerprint density at radius 2 is 1.89 bits per heavy atom. The van der Waals surface area contributed by atoms with Crippen molar-refractivity contribution in [3.05, 3.63) is 35.9 Å². The third kappa shape index (κ3) is 4.12. The molecule has 1 aromatic rings. The zero-order valence-corrected chi connectivity index (χ0v) is 11.2. The molecule has 1 unspecified atom stereocenters. The van der Waals surface area contributed by atoms with Crippen LogP contribution in [0.2, 0.25) is 0 Å². The van der Waals surface area contributed by atoms with Crippen molar-refractivity contribution < 1.29 is 18.3 Å². The highest BCUT2D eigenvalue weighted by Crippen LogP contribution is 2.10. The second-order valence-electron chi connectivity index (χ2n) is 4.26. The maximum atomic E-state index is 11.9. The average molecular weight is 271 g/mol. The first kappa shape index (κ1) is 14.7. The minimum Gasteiger partial charge on any atom is -0.481 e. The number of benzene rings is 1. The summed E-state index contributed by atoms with van der Waals surface area (Å²) in [5.74, 6) is -2.40. The molecule has 0 spiro atoms.